The molecule has 0 aliphatic heterocycles. The predicted octanol–water partition coefficient (Wildman–Crippen LogP) is 1.96. The number of nitrogens with zero attached hydrogens (tertiary/aromatic N) is 2. The van der Waals surface area contributed by atoms with E-state index in [1.54, 1.807) is 36.7 Å². The van der Waals surface area contributed by atoms with Gasteiger partial charge in [0.1, 0.15) is 17.9 Å². The van der Waals surface area contributed by atoms with Crippen LogP contribution in [0.2, 0.25) is 0 Å². The summed E-state index contributed by atoms with van der Waals surface area (Å²) in [7, 11) is 1.41. The average Bonchev–Trinajstić information content (AvgIpc) is 2.62. The molecule has 0 spiro atoms. The lowest BCUT2D eigenvalue weighted by atomic mass is 10.1. The van der Waals surface area contributed by atoms with E-state index in [4.69, 9.17) is 20.9 Å². The molecule has 128 valence electrons. The van der Waals surface area contributed by atoms with Gasteiger partial charge in [-0.3, -0.25) is 14.8 Å². The summed E-state index contributed by atoms with van der Waals surface area (Å²) < 4.78 is 11.0. The molecule has 3 aromatic rings. The third kappa shape index (κ3) is 3.51. The number of carbonyl (C=O) groups is 1. The summed E-state index contributed by atoms with van der Waals surface area (Å²) in [5.74, 6) is 0.0307. The van der Waals surface area contributed by atoms with Gasteiger partial charge in [0, 0.05) is 30.6 Å². The summed E-state index contributed by atoms with van der Waals surface area (Å²) in [5, 5.41) is 0.837. The number of fused-ring (bicyclic) bond motifs is 1. The van der Waals surface area contributed by atoms with Crippen molar-refractivity contribution in [2.45, 2.75) is 12.7 Å². The first-order chi connectivity index (χ1) is 12.1. The molecule has 1 unspecified atom stereocenters. The molecule has 0 aliphatic rings. The van der Waals surface area contributed by atoms with Crippen molar-refractivity contribution < 1.29 is 14.3 Å². The van der Waals surface area contributed by atoms with Crippen LogP contribution in [0.25, 0.3) is 10.9 Å². The van der Waals surface area contributed by atoms with Gasteiger partial charge in [0.05, 0.1) is 5.69 Å². The standard InChI is InChI=1S/C18H18N4O3/c1-24-17(18(20)23)14-9-11(6-8-21-14)10-25-15-5-4-13(19)12-3-2-7-22-16(12)15/h2-9,17H,10,19H2,1H3,(H2,20,23). The molecular formula is C18H18N4O3. The zero-order valence-electron chi connectivity index (χ0n) is 13.7. The van der Waals surface area contributed by atoms with Gasteiger partial charge in [-0.2, -0.15) is 0 Å². The SMILES string of the molecule is COC(C(N)=O)c1cc(COc2ccc(N)c3cccnc23)ccn1. The summed E-state index contributed by atoms with van der Waals surface area (Å²) in [6.07, 6.45) is 2.39. The number of anilines is 1. The van der Waals surface area contributed by atoms with Gasteiger partial charge in [-0.1, -0.05) is 0 Å². The van der Waals surface area contributed by atoms with E-state index in [2.05, 4.69) is 9.97 Å². The highest BCUT2D eigenvalue weighted by atomic mass is 16.5. The summed E-state index contributed by atoms with van der Waals surface area (Å²) >= 11 is 0. The monoisotopic (exact) mass is 338 g/mol. The van der Waals surface area contributed by atoms with Crippen molar-refractivity contribution in [2.75, 3.05) is 12.8 Å². The van der Waals surface area contributed by atoms with Crippen molar-refractivity contribution >= 4 is 22.5 Å². The molecule has 7 nitrogen and oxygen atoms in total. The second kappa shape index (κ2) is 7.14. The van der Waals surface area contributed by atoms with Crippen LogP contribution in [0, 0.1) is 0 Å². The van der Waals surface area contributed by atoms with E-state index in [1.165, 1.54) is 7.11 Å². The van der Waals surface area contributed by atoms with E-state index in [9.17, 15) is 4.79 Å². The van der Waals surface area contributed by atoms with E-state index in [0.29, 0.717) is 22.6 Å². The maximum absolute atomic E-state index is 11.4. The van der Waals surface area contributed by atoms with Crippen LogP contribution in [0.4, 0.5) is 5.69 Å². The number of hydrogen-bond donors (Lipinski definition) is 2. The highest BCUT2D eigenvalue weighted by Gasteiger charge is 2.18. The second-order valence-electron chi connectivity index (χ2n) is 5.45. The normalized spacial score (nSPS) is 12.0. The van der Waals surface area contributed by atoms with Crippen molar-refractivity contribution in [2.24, 2.45) is 5.73 Å². The number of ether oxygens (including phenoxy) is 2. The fourth-order valence-corrected chi connectivity index (χ4v) is 2.56. The van der Waals surface area contributed by atoms with E-state index >= 15 is 0 Å². The number of rotatable bonds is 6. The molecule has 0 fully saturated rings. The number of amides is 1. The van der Waals surface area contributed by atoms with Gasteiger partial charge in [0.25, 0.3) is 5.91 Å². The van der Waals surface area contributed by atoms with Crippen LogP contribution in [0.15, 0.2) is 48.8 Å². The minimum Gasteiger partial charge on any atom is -0.487 e. The van der Waals surface area contributed by atoms with Crippen LogP contribution in [0.3, 0.4) is 0 Å². The van der Waals surface area contributed by atoms with E-state index in [1.807, 2.05) is 12.1 Å². The number of pyridine rings is 2. The van der Waals surface area contributed by atoms with Crippen molar-refractivity contribution in [3.63, 3.8) is 0 Å². The molecule has 25 heavy (non-hydrogen) atoms. The maximum Gasteiger partial charge on any atom is 0.252 e. The van der Waals surface area contributed by atoms with Gasteiger partial charge >= 0.3 is 0 Å². The second-order valence-corrected chi connectivity index (χ2v) is 5.45. The van der Waals surface area contributed by atoms with Gasteiger partial charge in [-0.05, 0) is 42.0 Å². The first kappa shape index (κ1) is 16.7. The number of benzene rings is 1. The van der Waals surface area contributed by atoms with Crippen LogP contribution in [0.1, 0.15) is 17.4 Å². The van der Waals surface area contributed by atoms with Gasteiger partial charge < -0.3 is 20.9 Å². The Kier molecular flexibility index (Phi) is 4.76. The minimum atomic E-state index is -0.890. The van der Waals surface area contributed by atoms with Crippen LogP contribution in [-0.2, 0) is 16.1 Å². The molecule has 2 aromatic heterocycles. The number of nitrogen functional groups attached to an aromatic ring is 1. The molecule has 7 heteroatoms. The fraction of sp³-hybridized carbons (Fsp3) is 0.167. The highest BCUT2D eigenvalue weighted by Crippen LogP contribution is 2.28. The minimum absolute atomic E-state index is 0.278. The molecule has 1 atom stereocenters. The van der Waals surface area contributed by atoms with Gasteiger partial charge in [0.2, 0.25) is 0 Å². The lowest BCUT2D eigenvalue weighted by molar-refractivity contribution is -0.128. The van der Waals surface area contributed by atoms with E-state index in [-0.39, 0.29) is 6.61 Å². The Morgan fingerprint density at radius 1 is 1.20 bits per heavy atom. The molecule has 1 amide bonds. The molecule has 0 saturated carbocycles. The maximum atomic E-state index is 11.4. The molecule has 0 radical (unpaired) electrons. The summed E-state index contributed by atoms with van der Waals surface area (Å²) in [5.41, 5.74) is 13.9. The smallest absolute Gasteiger partial charge is 0.252 e. The first-order valence-electron chi connectivity index (χ1n) is 7.63. The third-order valence-electron chi connectivity index (χ3n) is 3.77. The van der Waals surface area contributed by atoms with E-state index in [0.717, 1.165) is 10.9 Å². The zero-order chi connectivity index (χ0) is 17.8. The quantitative estimate of drug-likeness (QED) is 0.664. The lowest BCUT2D eigenvalue weighted by Crippen LogP contribution is -2.23. The first-order valence-corrected chi connectivity index (χ1v) is 7.63. The summed E-state index contributed by atoms with van der Waals surface area (Å²) in [6.45, 7) is 0.278. The van der Waals surface area contributed by atoms with Crippen LogP contribution >= 0.6 is 0 Å². The molecule has 2 heterocycles. The number of aromatic nitrogens is 2. The Bertz CT molecular complexity index is 914. The lowest BCUT2D eigenvalue weighted by Gasteiger charge is -2.13. The molecule has 4 N–H and O–H groups in total. The Morgan fingerprint density at radius 3 is 2.80 bits per heavy atom. The Morgan fingerprint density at radius 2 is 2.04 bits per heavy atom. The number of hydrogen-bond acceptors (Lipinski definition) is 6. The van der Waals surface area contributed by atoms with Crippen LogP contribution < -0.4 is 16.2 Å². The van der Waals surface area contributed by atoms with Crippen LogP contribution in [-0.4, -0.2) is 23.0 Å². The third-order valence-corrected chi connectivity index (χ3v) is 3.77. The molecule has 0 aliphatic carbocycles. The molecule has 0 saturated heterocycles. The number of nitrogens with two attached hydrogens (primary N) is 2. The number of carbonyl (C=O) groups excluding carboxylic acids is 1. The van der Waals surface area contributed by atoms with Crippen molar-refractivity contribution in [3.8, 4) is 5.75 Å². The molecule has 1 aromatic carbocycles. The molecular weight excluding hydrogens is 320 g/mol. The van der Waals surface area contributed by atoms with Gasteiger partial charge in [-0.25, -0.2) is 0 Å². The molecule has 0 bridgehead atoms. The van der Waals surface area contributed by atoms with Crippen molar-refractivity contribution in [1.29, 1.82) is 0 Å². The number of primary amides is 1. The Labute approximate surface area is 144 Å². The Balaban J connectivity index is 1.83. The van der Waals surface area contributed by atoms with Gasteiger partial charge in [0.15, 0.2) is 6.10 Å². The predicted molar refractivity (Wildman–Crippen MR) is 93.7 cm³/mol. The van der Waals surface area contributed by atoms with E-state index < -0.39 is 12.0 Å². The summed E-state index contributed by atoms with van der Waals surface area (Å²) in [4.78, 5) is 19.9. The highest BCUT2D eigenvalue weighted by molar-refractivity contribution is 5.94. The zero-order valence-corrected chi connectivity index (χ0v) is 13.7. The van der Waals surface area contributed by atoms with Gasteiger partial charge in [-0.15, -0.1) is 0 Å². The fourth-order valence-electron chi connectivity index (χ4n) is 2.56. The van der Waals surface area contributed by atoms with Crippen molar-refractivity contribution in [3.05, 3.63) is 60.0 Å². The molecule has 3 rings (SSSR count). The van der Waals surface area contributed by atoms with Crippen LogP contribution in [0.5, 0.6) is 5.75 Å². The Hall–Kier alpha value is -3.19. The summed E-state index contributed by atoms with van der Waals surface area (Å²) in [6, 6.07) is 10.8. The average molecular weight is 338 g/mol. The largest absolute Gasteiger partial charge is 0.487 e. The topological polar surface area (TPSA) is 113 Å². The number of methoxy groups -OCH3 is 1. The van der Waals surface area contributed by atoms with Crippen molar-refractivity contribution in [1.82, 2.24) is 9.97 Å².